The van der Waals surface area contributed by atoms with Crippen molar-refractivity contribution < 1.29 is 4.79 Å². The van der Waals surface area contributed by atoms with Crippen molar-refractivity contribution in [3.05, 3.63) is 70.3 Å². The zero-order chi connectivity index (χ0) is 18.0. The van der Waals surface area contributed by atoms with Gasteiger partial charge in [0.05, 0.1) is 5.54 Å². The fourth-order valence-electron chi connectivity index (χ4n) is 2.51. The number of aromatic nitrogens is 4. The van der Waals surface area contributed by atoms with Crippen LogP contribution < -0.4 is 10.9 Å². The number of carbonyl (C=O) groups is 1. The lowest BCUT2D eigenvalue weighted by Gasteiger charge is -2.26. The van der Waals surface area contributed by atoms with E-state index < -0.39 is 17.0 Å². The van der Waals surface area contributed by atoms with Crippen molar-refractivity contribution in [2.75, 3.05) is 0 Å². The molecular formula is C18H19N5O2. The molecule has 0 aliphatic heterocycles. The molecule has 0 aliphatic rings. The van der Waals surface area contributed by atoms with Gasteiger partial charge in [-0.05, 0) is 25.5 Å². The van der Waals surface area contributed by atoms with Gasteiger partial charge in [-0.25, -0.2) is 4.98 Å². The number of rotatable bonds is 4. The minimum absolute atomic E-state index is 0.0383. The average Bonchev–Trinajstić information content (AvgIpc) is 3.01. The number of amides is 1. The zero-order valence-corrected chi connectivity index (χ0v) is 14.3. The Balaban J connectivity index is 1.84. The van der Waals surface area contributed by atoms with Crippen molar-refractivity contribution in [1.29, 1.82) is 0 Å². The second-order valence-electron chi connectivity index (χ2n) is 6.29. The summed E-state index contributed by atoms with van der Waals surface area (Å²) in [5.41, 5.74) is 0.319. The highest BCUT2D eigenvalue weighted by molar-refractivity contribution is 5.94. The average molecular weight is 337 g/mol. The van der Waals surface area contributed by atoms with Crippen LogP contribution in [0.3, 0.4) is 0 Å². The number of nitrogens with one attached hydrogen (secondary N) is 2. The van der Waals surface area contributed by atoms with Crippen molar-refractivity contribution in [2.45, 2.75) is 19.4 Å². The summed E-state index contributed by atoms with van der Waals surface area (Å²) >= 11 is 0. The first-order chi connectivity index (χ1) is 11.9. The number of aromatic amines is 1. The van der Waals surface area contributed by atoms with Crippen molar-refractivity contribution >= 4 is 5.91 Å². The Hall–Kier alpha value is -3.22. The lowest BCUT2D eigenvalue weighted by Crippen LogP contribution is -2.42. The first-order valence-electron chi connectivity index (χ1n) is 7.84. The normalized spacial score (nSPS) is 11.3. The zero-order valence-electron chi connectivity index (χ0n) is 14.3. The fraction of sp³-hybridized carbons (Fsp3) is 0.222. The van der Waals surface area contributed by atoms with Crippen LogP contribution in [-0.4, -0.2) is 25.7 Å². The van der Waals surface area contributed by atoms with E-state index in [4.69, 9.17) is 0 Å². The van der Waals surface area contributed by atoms with Crippen LogP contribution in [0.1, 0.15) is 29.8 Å². The van der Waals surface area contributed by atoms with Crippen molar-refractivity contribution in [2.24, 2.45) is 7.05 Å². The summed E-state index contributed by atoms with van der Waals surface area (Å²) < 4.78 is 1.61. The lowest BCUT2D eigenvalue weighted by molar-refractivity contribution is 0.0910. The van der Waals surface area contributed by atoms with E-state index in [2.05, 4.69) is 20.4 Å². The molecule has 0 aliphatic carbocycles. The highest BCUT2D eigenvalue weighted by Gasteiger charge is 2.24. The van der Waals surface area contributed by atoms with Crippen LogP contribution in [0.2, 0.25) is 0 Å². The first kappa shape index (κ1) is 16.6. The third kappa shape index (κ3) is 3.50. The summed E-state index contributed by atoms with van der Waals surface area (Å²) in [6, 6.07) is 11.3. The van der Waals surface area contributed by atoms with Gasteiger partial charge in [-0.1, -0.05) is 30.3 Å². The lowest BCUT2D eigenvalue weighted by atomic mass is 9.94. The summed E-state index contributed by atoms with van der Waals surface area (Å²) in [7, 11) is 1.77. The third-order valence-corrected chi connectivity index (χ3v) is 3.92. The SMILES string of the molecule is Cn1ccc(-c2ncc(C(=O)NC(C)(C)c3ccccc3)c(=O)[nH]2)n1. The molecule has 2 N–H and O–H groups in total. The maximum absolute atomic E-state index is 12.5. The molecule has 0 unspecified atom stereocenters. The minimum atomic E-state index is -0.621. The molecule has 0 radical (unpaired) electrons. The molecule has 0 saturated carbocycles. The summed E-state index contributed by atoms with van der Waals surface area (Å²) in [6.45, 7) is 3.76. The second-order valence-corrected chi connectivity index (χ2v) is 6.29. The predicted octanol–water partition coefficient (Wildman–Crippen LogP) is 1.84. The van der Waals surface area contributed by atoms with E-state index in [0.29, 0.717) is 11.5 Å². The Bertz CT molecular complexity index is 957. The highest BCUT2D eigenvalue weighted by atomic mass is 16.2. The Labute approximate surface area is 144 Å². The van der Waals surface area contributed by atoms with E-state index in [9.17, 15) is 9.59 Å². The van der Waals surface area contributed by atoms with Gasteiger partial charge in [0.25, 0.3) is 11.5 Å². The van der Waals surface area contributed by atoms with Gasteiger partial charge in [0.1, 0.15) is 11.3 Å². The van der Waals surface area contributed by atoms with Crippen LogP contribution in [0.25, 0.3) is 11.5 Å². The molecule has 0 spiro atoms. The van der Waals surface area contributed by atoms with Crippen LogP contribution in [0, 0.1) is 0 Å². The van der Waals surface area contributed by atoms with E-state index in [1.165, 1.54) is 6.20 Å². The molecule has 0 fully saturated rings. The van der Waals surface area contributed by atoms with Crippen LogP contribution in [0.15, 0.2) is 53.6 Å². The number of aryl methyl sites for hydroxylation is 1. The first-order valence-corrected chi connectivity index (χ1v) is 7.84. The molecule has 7 nitrogen and oxygen atoms in total. The molecule has 7 heteroatoms. The fourth-order valence-corrected chi connectivity index (χ4v) is 2.51. The Morgan fingerprint density at radius 2 is 1.92 bits per heavy atom. The minimum Gasteiger partial charge on any atom is -0.343 e. The Morgan fingerprint density at radius 3 is 2.52 bits per heavy atom. The summed E-state index contributed by atoms with van der Waals surface area (Å²) in [6.07, 6.45) is 3.03. The molecule has 3 aromatic rings. The summed E-state index contributed by atoms with van der Waals surface area (Å²) in [4.78, 5) is 31.6. The number of H-pyrrole nitrogens is 1. The Morgan fingerprint density at radius 1 is 1.20 bits per heavy atom. The third-order valence-electron chi connectivity index (χ3n) is 3.92. The van der Waals surface area contributed by atoms with Gasteiger partial charge in [0, 0.05) is 19.4 Å². The maximum atomic E-state index is 12.5. The molecule has 25 heavy (non-hydrogen) atoms. The van der Waals surface area contributed by atoms with E-state index in [0.717, 1.165) is 5.56 Å². The van der Waals surface area contributed by atoms with Crippen LogP contribution in [-0.2, 0) is 12.6 Å². The molecular weight excluding hydrogens is 318 g/mol. The van der Waals surface area contributed by atoms with Gasteiger partial charge in [-0.2, -0.15) is 5.10 Å². The van der Waals surface area contributed by atoms with Crippen molar-refractivity contribution in [1.82, 2.24) is 25.1 Å². The predicted molar refractivity (Wildman–Crippen MR) is 94.0 cm³/mol. The molecule has 1 aromatic carbocycles. The van der Waals surface area contributed by atoms with Gasteiger partial charge < -0.3 is 10.3 Å². The number of benzene rings is 1. The quantitative estimate of drug-likeness (QED) is 0.760. The van der Waals surface area contributed by atoms with Gasteiger partial charge >= 0.3 is 0 Å². The van der Waals surface area contributed by atoms with Gasteiger partial charge in [-0.3, -0.25) is 14.3 Å². The molecule has 2 aromatic heterocycles. The largest absolute Gasteiger partial charge is 0.343 e. The van der Waals surface area contributed by atoms with E-state index in [-0.39, 0.29) is 5.56 Å². The molecule has 128 valence electrons. The Kier molecular flexibility index (Phi) is 4.22. The molecule has 0 saturated heterocycles. The van der Waals surface area contributed by atoms with Gasteiger partial charge in [0.15, 0.2) is 5.82 Å². The monoisotopic (exact) mass is 337 g/mol. The number of carbonyl (C=O) groups excluding carboxylic acids is 1. The smallest absolute Gasteiger partial charge is 0.264 e. The molecule has 2 heterocycles. The van der Waals surface area contributed by atoms with Crippen LogP contribution >= 0.6 is 0 Å². The van der Waals surface area contributed by atoms with E-state index in [1.807, 2.05) is 44.2 Å². The summed E-state index contributed by atoms with van der Waals surface area (Å²) in [5, 5.41) is 7.05. The standard InChI is InChI=1S/C18H19N5O2/c1-18(2,12-7-5-4-6-8-12)21-17(25)13-11-19-15(20-16(13)24)14-9-10-23(3)22-14/h4-11H,1-3H3,(H,21,25)(H,19,20,24). The van der Waals surface area contributed by atoms with E-state index >= 15 is 0 Å². The topological polar surface area (TPSA) is 92.7 Å². The number of hydrogen-bond acceptors (Lipinski definition) is 4. The highest BCUT2D eigenvalue weighted by Crippen LogP contribution is 2.19. The van der Waals surface area contributed by atoms with Crippen molar-refractivity contribution in [3.63, 3.8) is 0 Å². The second kappa shape index (κ2) is 6.35. The maximum Gasteiger partial charge on any atom is 0.264 e. The van der Waals surface area contributed by atoms with Gasteiger partial charge in [0.2, 0.25) is 0 Å². The summed E-state index contributed by atoms with van der Waals surface area (Å²) in [5.74, 6) is -0.153. The molecule has 1 amide bonds. The molecule has 0 atom stereocenters. The van der Waals surface area contributed by atoms with Crippen LogP contribution in [0.5, 0.6) is 0 Å². The van der Waals surface area contributed by atoms with Crippen LogP contribution in [0.4, 0.5) is 0 Å². The van der Waals surface area contributed by atoms with E-state index in [1.54, 1.807) is 24.0 Å². The number of nitrogens with zero attached hydrogens (tertiary/aromatic N) is 3. The molecule has 0 bridgehead atoms. The molecule has 3 rings (SSSR count). The van der Waals surface area contributed by atoms with Crippen molar-refractivity contribution in [3.8, 4) is 11.5 Å². The number of hydrogen-bond donors (Lipinski definition) is 2. The van der Waals surface area contributed by atoms with Gasteiger partial charge in [-0.15, -0.1) is 0 Å².